The maximum Gasteiger partial charge on any atom is 0.196 e. The summed E-state index contributed by atoms with van der Waals surface area (Å²) in [6.07, 6.45) is 0. The van der Waals surface area contributed by atoms with E-state index in [-0.39, 0.29) is 52.0 Å². The molecule has 0 saturated carbocycles. The van der Waals surface area contributed by atoms with Crippen LogP contribution in [0.3, 0.4) is 0 Å². The van der Waals surface area contributed by atoms with Gasteiger partial charge in [-0.05, 0) is 12.1 Å². The van der Waals surface area contributed by atoms with Gasteiger partial charge in [0.1, 0.15) is 5.75 Å². The Labute approximate surface area is 171 Å². The Morgan fingerprint density at radius 2 is 1.38 bits per heavy atom. The zero-order valence-electron chi connectivity index (χ0n) is 15.3. The van der Waals surface area contributed by atoms with Crippen LogP contribution in [0.1, 0.15) is 31.8 Å². The topological polar surface area (TPSA) is 116 Å². The first kappa shape index (κ1) is 19.0. The summed E-state index contributed by atoms with van der Waals surface area (Å²) in [7, 11) is 0. The largest absolute Gasteiger partial charge is 0.454 e. The third-order valence-electron chi connectivity index (χ3n) is 4.66. The molecule has 0 spiro atoms. The third-order valence-corrected chi connectivity index (χ3v) is 5.74. The van der Waals surface area contributed by atoms with E-state index in [1.54, 1.807) is 48.5 Å². The van der Waals surface area contributed by atoms with Gasteiger partial charge in [0.15, 0.2) is 17.3 Å². The number of anilines is 2. The number of fused-ring (bicyclic) bond motifs is 2. The molecule has 0 bridgehead atoms. The van der Waals surface area contributed by atoms with Crippen LogP contribution in [0, 0.1) is 0 Å². The summed E-state index contributed by atoms with van der Waals surface area (Å²) in [5, 5.41) is 9.28. The van der Waals surface area contributed by atoms with Gasteiger partial charge in [-0.3, -0.25) is 9.59 Å². The predicted octanol–water partition coefficient (Wildman–Crippen LogP) is 3.50. The second kappa shape index (κ2) is 7.62. The van der Waals surface area contributed by atoms with Gasteiger partial charge in [0, 0.05) is 16.9 Å². The Morgan fingerprint density at radius 3 is 1.97 bits per heavy atom. The van der Waals surface area contributed by atoms with Crippen molar-refractivity contribution in [2.45, 2.75) is 4.90 Å². The van der Waals surface area contributed by atoms with Crippen LogP contribution in [0.4, 0.5) is 11.4 Å². The number of nitrogens with two attached hydrogens (primary N) is 2. The molecule has 3 aromatic carbocycles. The van der Waals surface area contributed by atoms with Crippen LogP contribution in [0.25, 0.3) is 0 Å². The SMILES string of the molecule is Nc1c(Oc2ccccc2)c(SCCO)c(N)c2c1C(=O)c1ccccc1C2=O. The summed E-state index contributed by atoms with van der Waals surface area (Å²) in [5.74, 6) is 0.338. The van der Waals surface area contributed by atoms with Crippen LogP contribution in [0.5, 0.6) is 11.5 Å². The minimum Gasteiger partial charge on any atom is -0.454 e. The average molecular weight is 406 g/mol. The molecule has 1 aliphatic rings. The van der Waals surface area contributed by atoms with Gasteiger partial charge in [0.05, 0.1) is 34.0 Å². The van der Waals surface area contributed by atoms with Gasteiger partial charge in [-0.1, -0.05) is 42.5 Å². The summed E-state index contributed by atoms with van der Waals surface area (Å²) >= 11 is 1.22. The maximum absolute atomic E-state index is 13.2. The molecule has 0 aromatic heterocycles. The van der Waals surface area contributed by atoms with Gasteiger partial charge >= 0.3 is 0 Å². The zero-order chi connectivity index (χ0) is 20.5. The lowest BCUT2D eigenvalue weighted by Gasteiger charge is -2.25. The Morgan fingerprint density at radius 1 is 0.828 bits per heavy atom. The highest BCUT2D eigenvalue weighted by atomic mass is 32.2. The number of aliphatic hydroxyl groups excluding tert-OH is 1. The van der Waals surface area contributed by atoms with Crippen molar-refractivity contribution in [1.29, 1.82) is 0 Å². The van der Waals surface area contributed by atoms with E-state index in [2.05, 4.69) is 0 Å². The van der Waals surface area contributed by atoms with Crippen LogP contribution < -0.4 is 16.2 Å². The Bertz CT molecular complexity index is 1130. The van der Waals surface area contributed by atoms with Crippen molar-refractivity contribution in [2.24, 2.45) is 0 Å². The number of thioether (sulfide) groups is 1. The molecular formula is C22H18N2O4S. The number of para-hydroxylation sites is 1. The van der Waals surface area contributed by atoms with Crippen molar-refractivity contribution in [3.05, 3.63) is 76.9 Å². The number of hydrogen-bond acceptors (Lipinski definition) is 7. The molecule has 0 aliphatic heterocycles. The molecule has 7 heteroatoms. The van der Waals surface area contributed by atoms with E-state index in [0.717, 1.165) is 0 Å². The minimum absolute atomic E-state index is 0.0606. The number of benzene rings is 3. The Kier molecular flexibility index (Phi) is 5.00. The van der Waals surface area contributed by atoms with Gasteiger partial charge in [-0.15, -0.1) is 11.8 Å². The van der Waals surface area contributed by atoms with E-state index in [1.165, 1.54) is 11.8 Å². The molecular weight excluding hydrogens is 388 g/mol. The molecule has 0 radical (unpaired) electrons. The van der Waals surface area contributed by atoms with Gasteiger partial charge < -0.3 is 21.3 Å². The molecule has 29 heavy (non-hydrogen) atoms. The smallest absolute Gasteiger partial charge is 0.196 e. The number of ketones is 2. The van der Waals surface area contributed by atoms with E-state index in [4.69, 9.17) is 16.2 Å². The molecule has 0 amide bonds. The standard InChI is InChI=1S/C22H18N2O4S/c23-17-15-16(20(27)14-9-5-4-8-13(14)19(15)26)18(24)22(29-11-10-25)21(17)28-12-6-2-1-3-7-12/h1-9,25H,10-11,23-24H2. The van der Waals surface area contributed by atoms with Crippen LogP contribution in [0.2, 0.25) is 0 Å². The normalized spacial score (nSPS) is 12.4. The van der Waals surface area contributed by atoms with Gasteiger partial charge in [0.2, 0.25) is 0 Å². The summed E-state index contributed by atoms with van der Waals surface area (Å²) in [4.78, 5) is 26.7. The number of aliphatic hydroxyl groups is 1. The summed E-state index contributed by atoms with van der Waals surface area (Å²) in [6, 6.07) is 15.5. The van der Waals surface area contributed by atoms with Crippen LogP contribution in [0.15, 0.2) is 59.5 Å². The number of ether oxygens (including phenoxy) is 1. The quantitative estimate of drug-likeness (QED) is 0.343. The molecule has 1 aliphatic carbocycles. The molecule has 146 valence electrons. The van der Waals surface area contributed by atoms with E-state index < -0.39 is 0 Å². The Balaban J connectivity index is 1.96. The highest BCUT2D eigenvalue weighted by molar-refractivity contribution is 7.99. The van der Waals surface area contributed by atoms with E-state index in [9.17, 15) is 14.7 Å². The highest BCUT2D eigenvalue weighted by Crippen LogP contribution is 2.48. The van der Waals surface area contributed by atoms with Crippen LogP contribution in [-0.2, 0) is 0 Å². The number of nitrogen functional groups attached to an aromatic ring is 2. The second-order valence-electron chi connectivity index (χ2n) is 6.43. The predicted molar refractivity (Wildman–Crippen MR) is 113 cm³/mol. The lowest BCUT2D eigenvalue weighted by Crippen LogP contribution is -2.24. The number of hydrogen-bond donors (Lipinski definition) is 3. The lowest BCUT2D eigenvalue weighted by molar-refractivity contribution is 0.0980. The molecule has 3 aromatic rings. The van der Waals surface area contributed by atoms with Gasteiger partial charge in [-0.25, -0.2) is 0 Å². The fraction of sp³-hybridized carbons (Fsp3) is 0.0909. The first-order valence-corrected chi connectivity index (χ1v) is 9.93. The summed E-state index contributed by atoms with van der Waals surface area (Å²) < 4.78 is 5.98. The maximum atomic E-state index is 13.2. The van der Waals surface area contributed by atoms with Crippen molar-refractivity contribution < 1.29 is 19.4 Å². The fourth-order valence-corrected chi connectivity index (χ4v) is 4.20. The molecule has 5 N–H and O–H groups in total. The van der Waals surface area contributed by atoms with Crippen LogP contribution >= 0.6 is 11.8 Å². The molecule has 0 heterocycles. The van der Waals surface area contributed by atoms with Crippen molar-refractivity contribution in [2.75, 3.05) is 23.8 Å². The Hall–Kier alpha value is -3.29. The number of carbonyl (C=O) groups is 2. The highest BCUT2D eigenvalue weighted by Gasteiger charge is 2.36. The van der Waals surface area contributed by atoms with Crippen molar-refractivity contribution >= 4 is 34.7 Å². The van der Waals surface area contributed by atoms with E-state index in [0.29, 0.717) is 22.0 Å². The van der Waals surface area contributed by atoms with Crippen molar-refractivity contribution in [3.63, 3.8) is 0 Å². The summed E-state index contributed by atoms with van der Waals surface area (Å²) in [6.45, 7) is -0.0957. The molecule has 4 rings (SSSR count). The summed E-state index contributed by atoms with van der Waals surface area (Å²) in [5.41, 5.74) is 13.7. The number of carbonyl (C=O) groups excluding carboxylic acids is 2. The molecule has 0 atom stereocenters. The third kappa shape index (κ3) is 3.14. The first-order chi connectivity index (χ1) is 14.0. The van der Waals surface area contributed by atoms with E-state index in [1.807, 2.05) is 6.07 Å². The molecule has 0 fully saturated rings. The first-order valence-electron chi connectivity index (χ1n) is 8.94. The minimum atomic E-state index is -0.365. The van der Waals surface area contributed by atoms with Crippen molar-refractivity contribution in [3.8, 4) is 11.5 Å². The molecule has 0 unspecified atom stereocenters. The van der Waals surface area contributed by atoms with Gasteiger partial charge in [0.25, 0.3) is 0 Å². The zero-order valence-corrected chi connectivity index (χ0v) is 16.2. The second-order valence-corrected chi connectivity index (χ2v) is 7.53. The average Bonchev–Trinajstić information content (AvgIpc) is 2.75. The van der Waals surface area contributed by atoms with Crippen LogP contribution in [-0.4, -0.2) is 29.0 Å². The fourth-order valence-electron chi connectivity index (χ4n) is 3.36. The molecule has 6 nitrogen and oxygen atoms in total. The monoisotopic (exact) mass is 406 g/mol. The number of rotatable bonds is 5. The van der Waals surface area contributed by atoms with Gasteiger partial charge in [-0.2, -0.15) is 0 Å². The van der Waals surface area contributed by atoms with Crippen molar-refractivity contribution in [1.82, 2.24) is 0 Å². The van der Waals surface area contributed by atoms with E-state index >= 15 is 0 Å². The molecule has 0 saturated heterocycles. The lowest BCUT2D eigenvalue weighted by atomic mass is 9.82.